The number of halogens is 3. The number of benzene rings is 1. The molecule has 0 heterocycles. The van der Waals surface area contributed by atoms with Gasteiger partial charge in [0.05, 0.1) is 6.42 Å². The maximum atomic E-state index is 12.3. The number of nitrogens with one attached hydrogen (secondary N) is 1. The zero-order chi connectivity index (χ0) is 13.1. The van der Waals surface area contributed by atoms with E-state index in [4.69, 9.17) is 0 Å². The highest BCUT2D eigenvalue weighted by atomic mass is 19.4. The van der Waals surface area contributed by atoms with Crippen LogP contribution in [0.4, 0.5) is 18.9 Å². The number of alkyl halides is 3. The van der Waals surface area contributed by atoms with Crippen LogP contribution in [-0.2, 0) is 0 Å². The van der Waals surface area contributed by atoms with Crippen molar-refractivity contribution >= 4 is 5.69 Å². The highest BCUT2D eigenvalue weighted by Crippen LogP contribution is 2.29. The van der Waals surface area contributed by atoms with Crippen LogP contribution in [0.3, 0.4) is 0 Å². The highest BCUT2D eigenvalue weighted by Gasteiger charge is 2.31. The Labute approximate surface area is 99.4 Å². The Bertz CT molecular complexity index is 344. The molecule has 0 radical (unpaired) electrons. The van der Waals surface area contributed by atoms with E-state index in [1.165, 1.54) is 7.05 Å². The van der Waals surface area contributed by atoms with Crippen molar-refractivity contribution in [1.29, 1.82) is 0 Å². The maximum absolute atomic E-state index is 12.3. The quantitative estimate of drug-likeness (QED) is 0.878. The number of hydrogen-bond donors (Lipinski definition) is 1. The monoisotopic (exact) mass is 246 g/mol. The van der Waals surface area contributed by atoms with E-state index in [2.05, 4.69) is 5.32 Å². The van der Waals surface area contributed by atoms with Gasteiger partial charge in [0.1, 0.15) is 0 Å². The van der Waals surface area contributed by atoms with Crippen LogP contribution < -0.4 is 10.2 Å². The molecule has 1 atom stereocenters. The molecule has 0 aliphatic carbocycles. The molecule has 0 saturated carbocycles. The van der Waals surface area contributed by atoms with Crippen molar-refractivity contribution in [1.82, 2.24) is 5.32 Å². The lowest BCUT2D eigenvalue weighted by Gasteiger charge is -2.20. The van der Waals surface area contributed by atoms with Gasteiger partial charge >= 0.3 is 6.18 Å². The largest absolute Gasteiger partial charge is 0.390 e. The molecule has 1 rings (SSSR count). The van der Waals surface area contributed by atoms with Gasteiger partial charge < -0.3 is 10.2 Å². The third-order valence-electron chi connectivity index (χ3n) is 2.60. The zero-order valence-corrected chi connectivity index (χ0v) is 10.2. The first-order valence-corrected chi connectivity index (χ1v) is 5.35. The van der Waals surface area contributed by atoms with Crippen molar-refractivity contribution in [3.05, 3.63) is 29.8 Å². The summed E-state index contributed by atoms with van der Waals surface area (Å²) in [5.74, 6) is 0. The van der Waals surface area contributed by atoms with E-state index >= 15 is 0 Å². The predicted molar refractivity (Wildman–Crippen MR) is 63.2 cm³/mol. The molecule has 0 bridgehead atoms. The smallest absolute Gasteiger partial charge is 0.378 e. The Hall–Kier alpha value is -1.23. The van der Waals surface area contributed by atoms with Crippen LogP contribution in [0.5, 0.6) is 0 Å². The molecule has 2 nitrogen and oxygen atoms in total. The van der Waals surface area contributed by atoms with E-state index in [9.17, 15) is 13.2 Å². The standard InChI is InChI=1S/C12H17F3N2/c1-16-11(8-12(13,14)15)9-4-6-10(7-5-9)17(2)3/h4-7,11,16H,8H2,1-3H3. The number of hydrogen-bond acceptors (Lipinski definition) is 2. The second kappa shape index (κ2) is 5.40. The second-order valence-corrected chi connectivity index (χ2v) is 4.15. The third-order valence-corrected chi connectivity index (χ3v) is 2.60. The Balaban J connectivity index is 2.82. The minimum atomic E-state index is -4.16. The van der Waals surface area contributed by atoms with E-state index in [1.807, 2.05) is 31.1 Å². The molecule has 0 aliphatic rings. The van der Waals surface area contributed by atoms with Crippen molar-refractivity contribution in [2.45, 2.75) is 18.6 Å². The highest BCUT2D eigenvalue weighted by molar-refractivity contribution is 5.46. The summed E-state index contributed by atoms with van der Waals surface area (Å²) in [4.78, 5) is 1.90. The normalized spacial score (nSPS) is 13.5. The van der Waals surface area contributed by atoms with Crippen LogP contribution in [0.15, 0.2) is 24.3 Å². The Morgan fingerprint density at radius 3 is 2.06 bits per heavy atom. The minimum absolute atomic E-state index is 0.649. The van der Waals surface area contributed by atoms with Gasteiger partial charge in [0.2, 0.25) is 0 Å². The molecular formula is C12H17F3N2. The molecule has 5 heteroatoms. The summed E-state index contributed by atoms with van der Waals surface area (Å²) in [6, 6.07) is 6.39. The molecule has 0 aliphatic heterocycles. The van der Waals surface area contributed by atoms with Gasteiger partial charge in [0.25, 0.3) is 0 Å². The second-order valence-electron chi connectivity index (χ2n) is 4.15. The van der Waals surface area contributed by atoms with Crippen molar-refractivity contribution in [2.75, 3.05) is 26.0 Å². The van der Waals surface area contributed by atoms with Crippen LogP contribution in [0.2, 0.25) is 0 Å². The SMILES string of the molecule is CNC(CC(F)(F)F)c1ccc(N(C)C)cc1. The molecule has 96 valence electrons. The fraction of sp³-hybridized carbons (Fsp3) is 0.500. The summed E-state index contributed by atoms with van der Waals surface area (Å²) in [7, 11) is 5.32. The summed E-state index contributed by atoms with van der Waals surface area (Å²) < 4.78 is 37.0. The van der Waals surface area contributed by atoms with E-state index in [0.29, 0.717) is 5.56 Å². The molecular weight excluding hydrogens is 229 g/mol. The molecule has 1 aromatic carbocycles. The first-order valence-electron chi connectivity index (χ1n) is 5.35. The third kappa shape index (κ3) is 4.26. The molecule has 1 N–H and O–H groups in total. The summed E-state index contributed by atoms with van der Waals surface area (Å²) in [5.41, 5.74) is 1.62. The fourth-order valence-electron chi connectivity index (χ4n) is 1.62. The topological polar surface area (TPSA) is 15.3 Å². The Morgan fingerprint density at radius 1 is 1.18 bits per heavy atom. The lowest BCUT2D eigenvalue weighted by molar-refractivity contribution is -0.140. The summed E-state index contributed by atoms with van der Waals surface area (Å²) in [6.07, 6.45) is -5.02. The number of nitrogens with zero attached hydrogens (tertiary/aromatic N) is 1. The molecule has 17 heavy (non-hydrogen) atoms. The summed E-state index contributed by atoms with van der Waals surface area (Å²) >= 11 is 0. The van der Waals surface area contributed by atoms with Gasteiger partial charge in [-0.3, -0.25) is 0 Å². The number of anilines is 1. The Morgan fingerprint density at radius 2 is 1.71 bits per heavy atom. The van der Waals surface area contributed by atoms with E-state index in [1.54, 1.807) is 12.1 Å². The van der Waals surface area contributed by atoms with E-state index < -0.39 is 18.6 Å². The van der Waals surface area contributed by atoms with Gasteiger partial charge in [-0.25, -0.2) is 0 Å². The van der Waals surface area contributed by atoms with Gasteiger partial charge in [-0.15, -0.1) is 0 Å². The minimum Gasteiger partial charge on any atom is -0.378 e. The molecule has 0 fully saturated rings. The first-order chi connectivity index (χ1) is 7.83. The molecule has 0 spiro atoms. The molecule has 1 aromatic rings. The van der Waals surface area contributed by atoms with Crippen molar-refractivity contribution < 1.29 is 13.2 Å². The number of rotatable bonds is 4. The maximum Gasteiger partial charge on any atom is 0.390 e. The lowest BCUT2D eigenvalue weighted by atomic mass is 10.0. The molecule has 0 aromatic heterocycles. The predicted octanol–water partition coefficient (Wildman–Crippen LogP) is 2.97. The summed E-state index contributed by atoms with van der Waals surface area (Å²) in [6.45, 7) is 0. The lowest BCUT2D eigenvalue weighted by Crippen LogP contribution is -2.23. The van der Waals surface area contributed by atoms with Crippen molar-refractivity contribution in [3.8, 4) is 0 Å². The van der Waals surface area contributed by atoms with Crippen molar-refractivity contribution in [2.24, 2.45) is 0 Å². The van der Waals surface area contributed by atoms with Crippen LogP contribution in [0, 0.1) is 0 Å². The van der Waals surface area contributed by atoms with Gasteiger partial charge in [-0.1, -0.05) is 12.1 Å². The molecule has 0 saturated heterocycles. The van der Waals surface area contributed by atoms with Crippen molar-refractivity contribution in [3.63, 3.8) is 0 Å². The Kier molecular flexibility index (Phi) is 4.40. The van der Waals surface area contributed by atoms with Gasteiger partial charge in [0, 0.05) is 25.8 Å². The van der Waals surface area contributed by atoms with E-state index in [-0.39, 0.29) is 0 Å². The van der Waals surface area contributed by atoms with Gasteiger partial charge in [-0.2, -0.15) is 13.2 Å². The fourth-order valence-corrected chi connectivity index (χ4v) is 1.62. The molecule has 0 amide bonds. The summed E-state index contributed by atoms with van der Waals surface area (Å²) in [5, 5.41) is 2.69. The van der Waals surface area contributed by atoms with E-state index in [0.717, 1.165) is 5.69 Å². The zero-order valence-electron chi connectivity index (χ0n) is 10.2. The van der Waals surface area contributed by atoms with Gasteiger partial charge in [-0.05, 0) is 24.7 Å². The van der Waals surface area contributed by atoms with Gasteiger partial charge in [0.15, 0.2) is 0 Å². The van der Waals surface area contributed by atoms with Crippen LogP contribution in [-0.4, -0.2) is 27.3 Å². The van der Waals surface area contributed by atoms with Crippen LogP contribution in [0.1, 0.15) is 18.0 Å². The first kappa shape index (κ1) is 13.8. The average molecular weight is 246 g/mol. The van der Waals surface area contributed by atoms with Crippen LogP contribution >= 0.6 is 0 Å². The average Bonchev–Trinajstić information content (AvgIpc) is 2.25. The molecule has 1 unspecified atom stereocenters. The van der Waals surface area contributed by atoms with Crippen LogP contribution in [0.25, 0.3) is 0 Å².